The molecule has 1 aliphatic rings. The Morgan fingerprint density at radius 1 is 1.50 bits per heavy atom. The van der Waals surface area contributed by atoms with Gasteiger partial charge in [0.15, 0.2) is 0 Å². The molecule has 1 aliphatic carbocycles. The van der Waals surface area contributed by atoms with Gasteiger partial charge >= 0.3 is 0 Å². The summed E-state index contributed by atoms with van der Waals surface area (Å²) in [5.41, 5.74) is 8.15. The van der Waals surface area contributed by atoms with Gasteiger partial charge in [-0.1, -0.05) is 0 Å². The summed E-state index contributed by atoms with van der Waals surface area (Å²) in [7, 11) is 0. The van der Waals surface area contributed by atoms with E-state index in [1.165, 1.54) is 6.42 Å². The number of rotatable bonds is 2. The second-order valence-corrected chi connectivity index (χ2v) is 3.66. The molecule has 0 radical (unpaired) electrons. The minimum atomic E-state index is -0.345. The van der Waals surface area contributed by atoms with Gasteiger partial charge in [-0.05, 0) is 32.6 Å². The zero-order chi connectivity index (χ0) is 10.1. The normalized spacial score (nSPS) is 15.2. The van der Waals surface area contributed by atoms with Crippen LogP contribution in [0.2, 0.25) is 0 Å². The molecule has 1 aromatic heterocycles. The minimum Gasteiger partial charge on any atom is -0.364 e. The van der Waals surface area contributed by atoms with Crippen molar-refractivity contribution in [3.63, 3.8) is 0 Å². The number of aromatic nitrogens is 2. The Morgan fingerprint density at radius 3 is 2.86 bits per heavy atom. The van der Waals surface area contributed by atoms with E-state index in [9.17, 15) is 4.79 Å². The van der Waals surface area contributed by atoms with E-state index in [-0.39, 0.29) is 5.91 Å². The van der Waals surface area contributed by atoms with Crippen LogP contribution in [-0.2, 0) is 19.4 Å². The fourth-order valence-electron chi connectivity index (χ4n) is 2.11. The first-order valence-corrected chi connectivity index (χ1v) is 5.12. The van der Waals surface area contributed by atoms with Gasteiger partial charge in [0.05, 0.1) is 5.69 Å². The Labute approximate surface area is 83.1 Å². The third kappa shape index (κ3) is 1.31. The van der Waals surface area contributed by atoms with E-state index in [2.05, 4.69) is 5.10 Å². The second-order valence-electron chi connectivity index (χ2n) is 3.66. The van der Waals surface area contributed by atoms with Crippen LogP contribution in [0, 0.1) is 0 Å². The highest BCUT2D eigenvalue weighted by Crippen LogP contribution is 2.23. The first-order chi connectivity index (χ1) is 6.74. The molecule has 0 aromatic carbocycles. The molecule has 0 aliphatic heterocycles. The van der Waals surface area contributed by atoms with Gasteiger partial charge in [-0.15, -0.1) is 0 Å². The molecule has 0 spiro atoms. The van der Waals surface area contributed by atoms with Gasteiger partial charge < -0.3 is 5.73 Å². The summed E-state index contributed by atoms with van der Waals surface area (Å²) >= 11 is 0. The molecule has 1 aromatic rings. The van der Waals surface area contributed by atoms with Crippen LogP contribution in [0.1, 0.15) is 41.5 Å². The molecule has 2 rings (SSSR count). The third-order valence-corrected chi connectivity index (χ3v) is 2.76. The molecule has 4 nitrogen and oxygen atoms in total. The van der Waals surface area contributed by atoms with Gasteiger partial charge in [0.1, 0.15) is 5.69 Å². The highest BCUT2D eigenvalue weighted by atomic mass is 16.1. The van der Waals surface area contributed by atoms with Crippen molar-refractivity contribution in [3.05, 3.63) is 17.0 Å². The van der Waals surface area contributed by atoms with Crippen molar-refractivity contribution in [2.45, 2.75) is 39.2 Å². The van der Waals surface area contributed by atoms with E-state index < -0.39 is 0 Å². The maximum Gasteiger partial charge on any atom is 0.267 e. The molecule has 4 heteroatoms. The van der Waals surface area contributed by atoms with Gasteiger partial charge in [-0.2, -0.15) is 5.10 Å². The lowest BCUT2D eigenvalue weighted by Gasteiger charge is -2.09. The summed E-state index contributed by atoms with van der Waals surface area (Å²) in [5, 5.41) is 4.41. The quantitative estimate of drug-likeness (QED) is 0.758. The highest BCUT2D eigenvalue weighted by Gasteiger charge is 2.22. The molecule has 1 amide bonds. The Bertz CT molecular complexity index is 368. The zero-order valence-electron chi connectivity index (χ0n) is 8.42. The van der Waals surface area contributed by atoms with Crippen molar-refractivity contribution >= 4 is 5.91 Å². The molecular weight excluding hydrogens is 178 g/mol. The van der Waals surface area contributed by atoms with Crippen molar-refractivity contribution in [2.24, 2.45) is 5.73 Å². The average Bonchev–Trinajstić information content (AvgIpc) is 2.55. The first-order valence-electron chi connectivity index (χ1n) is 5.12. The maximum atomic E-state index is 11.3. The van der Waals surface area contributed by atoms with Gasteiger partial charge in [0.2, 0.25) is 0 Å². The average molecular weight is 193 g/mol. The number of primary amides is 1. The fraction of sp³-hybridized carbons (Fsp3) is 0.600. The molecule has 0 saturated carbocycles. The van der Waals surface area contributed by atoms with E-state index in [1.807, 2.05) is 6.92 Å². The Kier molecular flexibility index (Phi) is 2.27. The first kappa shape index (κ1) is 9.24. The molecule has 0 bridgehead atoms. The zero-order valence-corrected chi connectivity index (χ0v) is 8.42. The van der Waals surface area contributed by atoms with Gasteiger partial charge in [0.25, 0.3) is 5.91 Å². The lowest BCUT2D eigenvalue weighted by atomic mass is 9.96. The van der Waals surface area contributed by atoms with Crippen molar-refractivity contribution in [3.8, 4) is 0 Å². The van der Waals surface area contributed by atoms with Crippen LogP contribution in [0.5, 0.6) is 0 Å². The van der Waals surface area contributed by atoms with Crippen LogP contribution >= 0.6 is 0 Å². The predicted octanol–water partition coefficient (Wildman–Crippen LogP) is 0.881. The standard InChI is InChI=1S/C10H15N3O/c1-2-13-9(10(11)14)7-5-3-4-6-8(7)12-13/h2-6H2,1H3,(H2,11,14). The third-order valence-electron chi connectivity index (χ3n) is 2.76. The Balaban J connectivity index is 2.53. The molecule has 0 atom stereocenters. The number of hydrogen-bond donors (Lipinski definition) is 1. The SMILES string of the molecule is CCn1nc2c(c1C(N)=O)CCCC2. The summed E-state index contributed by atoms with van der Waals surface area (Å²) in [6.45, 7) is 2.69. The lowest BCUT2D eigenvalue weighted by molar-refractivity contribution is 0.0989. The van der Waals surface area contributed by atoms with Crippen LogP contribution < -0.4 is 5.73 Å². The van der Waals surface area contributed by atoms with Crippen molar-refractivity contribution in [1.29, 1.82) is 0 Å². The van der Waals surface area contributed by atoms with Gasteiger partial charge in [-0.25, -0.2) is 0 Å². The Hall–Kier alpha value is -1.32. The largest absolute Gasteiger partial charge is 0.364 e. The summed E-state index contributed by atoms with van der Waals surface area (Å²) < 4.78 is 1.73. The van der Waals surface area contributed by atoms with E-state index in [0.717, 1.165) is 30.5 Å². The maximum absolute atomic E-state index is 11.3. The van der Waals surface area contributed by atoms with Crippen LogP contribution in [-0.4, -0.2) is 15.7 Å². The molecule has 14 heavy (non-hydrogen) atoms. The highest BCUT2D eigenvalue weighted by molar-refractivity contribution is 5.93. The smallest absolute Gasteiger partial charge is 0.267 e. The predicted molar refractivity (Wildman–Crippen MR) is 53.1 cm³/mol. The summed E-state index contributed by atoms with van der Waals surface area (Å²) in [6, 6.07) is 0. The summed E-state index contributed by atoms with van der Waals surface area (Å²) in [6.07, 6.45) is 4.25. The van der Waals surface area contributed by atoms with Crippen molar-refractivity contribution in [1.82, 2.24) is 9.78 Å². The lowest BCUT2D eigenvalue weighted by Crippen LogP contribution is -2.19. The molecular formula is C10H15N3O. The summed E-state index contributed by atoms with van der Waals surface area (Å²) in [5.74, 6) is -0.345. The van der Waals surface area contributed by atoms with Crippen molar-refractivity contribution < 1.29 is 4.79 Å². The van der Waals surface area contributed by atoms with Gasteiger partial charge in [-0.3, -0.25) is 9.48 Å². The fourth-order valence-corrected chi connectivity index (χ4v) is 2.11. The molecule has 2 N–H and O–H groups in total. The van der Waals surface area contributed by atoms with Crippen LogP contribution in [0.3, 0.4) is 0 Å². The monoisotopic (exact) mass is 193 g/mol. The molecule has 0 fully saturated rings. The van der Waals surface area contributed by atoms with Crippen molar-refractivity contribution in [2.75, 3.05) is 0 Å². The van der Waals surface area contributed by atoms with E-state index >= 15 is 0 Å². The van der Waals surface area contributed by atoms with Gasteiger partial charge in [0, 0.05) is 12.1 Å². The molecule has 0 saturated heterocycles. The Morgan fingerprint density at radius 2 is 2.21 bits per heavy atom. The number of nitrogens with two attached hydrogens (primary N) is 1. The number of aryl methyl sites for hydroxylation is 2. The second kappa shape index (κ2) is 3.44. The van der Waals surface area contributed by atoms with E-state index in [4.69, 9.17) is 5.73 Å². The molecule has 76 valence electrons. The minimum absolute atomic E-state index is 0.345. The van der Waals surface area contributed by atoms with Crippen LogP contribution in [0.4, 0.5) is 0 Å². The number of carbonyl (C=O) groups excluding carboxylic acids is 1. The topological polar surface area (TPSA) is 60.9 Å². The number of nitrogens with zero attached hydrogens (tertiary/aromatic N) is 2. The van der Waals surface area contributed by atoms with E-state index in [0.29, 0.717) is 12.2 Å². The van der Waals surface area contributed by atoms with Crippen LogP contribution in [0.25, 0.3) is 0 Å². The number of fused-ring (bicyclic) bond motifs is 1. The molecule has 0 unspecified atom stereocenters. The van der Waals surface area contributed by atoms with E-state index in [1.54, 1.807) is 4.68 Å². The number of carbonyl (C=O) groups is 1. The number of hydrogen-bond acceptors (Lipinski definition) is 2. The van der Waals surface area contributed by atoms with Crippen LogP contribution in [0.15, 0.2) is 0 Å². The summed E-state index contributed by atoms with van der Waals surface area (Å²) in [4.78, 5) is 11.3. The number of amides is 1. The molecule has 1 heterocycles.